The molecule has 0 fully saturated rings. The lowest BCUT2D eigenvalue weighted by molar-refractivity contribution is 0.559. The van der Waals surface area contributed by atoms with E-state index >= 15 is 0 Å². The lowest BCUT2D eigenvalue weighted by Crippen LogP contribution is -2.32. The molecule has 0 amide bonds. The van der Waals surface area contributed by atoms with Crippen molar-refractivity contribution in [3.63, 3.8) is 0 Å². The maximum absolute atomic E-state index is 12.3. The minimum absolute atomic E-state index is 0.0285. The first kappa shape index (κ1) is 19.0. The second-order valence-corrected chi connectivity index (χ2v) is 9.12. The number of thiophene rings is 1. The molecule has 1 aromatic rings. The molecule has 1 aromatic heterocycles. The van der Waals surface area contributed by atoms with Crippen LogP contribution in [-0.2, 0) is 16.4 Å². The average Bonchev–Trinajstić information content (AvgIpc) is 2.90. The van der Waals surface area contributed by atoms with Gasteiger partial charge in [-0.05, 0) is 63.4 Å². The van der Waals surface area contributed by atoms with Gasteiger partial charge in [-0.15, -0.1) is 11.3 Å². The summed E-state index contributed by atoms with van der Waals surface area (Å²) in [5, 5.41) is 3.33. The maximum atomic E-state index is 12.3. The summed E-state index contributed by atoms with van der Waals surface area (Å²) >= 11 is 3.10. The summed E-state index contributed by atoms with van der Waals surface area (Å²) in [4.78, 5) is 1.11. The highest BCUT2D eigenvalue weighted by Gasteiger charge is 2.19. The zero-order chi connectivity index (χ0) is 15.7. The van der Waals surface area contributed by atoms with Gasteiger partial charge in [0.25, 0.3) is 0 Å². The van der Waals surface area contributed by atoms with Crippen LogP contribution in [0.3, 0.4) is 0 Å². The van der Waals surface area contributed by atoms with Gasteiger partial charge in [-0.3, -0.25) is 0 Å². The lowest BCUT2D eigenvalue weighted by Gasteiger charge is -2.12. The normalized spacial score (nSPS) is 13.5. The Morgan fingerprint density at radius 3 is 2.76 bits per heavy atom. The van der Waals surface area contributed by atoms with E-state index in [1.807, 2.05) is 19.2 Å². The van der Waals surface area contributed by atoms with Crippen molar-refractivity contribution in [3.05, 3.63) is 17.0 Å². The monoisotopic (exact) mass is 350 g/mol. The molecule has 0 bridgehead atoms. The Hall–Kier alpha value is -0.0800. The molecule has 21 heavy (non-hydrogen) atoms. The van der Waals surface area contributed by atoms with Crippen LogP contribution in [0.25, 0.3) is 0 Å². The lowest BCUT2D eigenvalue weighted by atomic mass is 10.3. The highest BCUT2D eigenvalue weighted by Crippen LogP contribution is 2.22. The predicted molar refractivity (Wildman–Crippen MR) is 94.0 cm³/mol. The van der Waals surface area contributed by atoms with Crippen molar-refractivity contribution in [2.75, 3.05) is 25.1 Å². The molecule has 0 radical (unpaired) electrons. The van der Waals surface area contributed by atoms with Crippen LogP contribution < -0.4 is 10.0 Å². The van der Waals surface area contributed by atoms with Gasteiger partial charge in [0.2, 0.25) is 10.0 Å². The molecule has 0 aliphatic rings. The van der Waals surface area contributed by atoms with Crippen LogP contribution in [-0.4, -0.2) is 39.6 Å². The second kappa shape index (κ2) is 9.84. The van der Waals surface area contributed by atoms with Gasteiger partial charge in [0.1, 0.15) is 4.21 Å². The van der Waals surface area contributed by atoms with Crippen LogP contribution in [0.1, 0.15) is 31.6 Å². The van der Waals surface area contributed by atoms with E-state index in [0.29, 0.717) is 4.21 Å². The minimum Gasteiger partial charge on any atom is -0.316 e. The Labute approximate surface area is 137 Å². The van der Waals surface area contributed by atoms with Crippen molar-refractivity contribution in [1.82, 2.24) is 10.0 Å². The zero-order valence-corrected chi connectivity index (χ0v) is 15.5. The molecule has 7 heteroatoms. The number of hydrogen-bond donors (Lipinski definition) is 2. The summed E-state index contributed by atoms with van der Waals surface area (Å²) in [6, 6.07) is 3.60. The fraction of sp³-hybridized carbons (Fsp3) is 0.714. The van der Waals surface area contributed by atoms with Crippen LogP contribution >= 0.6 is 23.1 Å². The molecule has 0 aliphatic heterocycles. The smallest absolute Gasteiger partial charge is 0.250 e. The van der Waals surface area contributed by atoms with Gasteiger partial charge in [-0.25, -0.2) is 13.1 Å². The molecule has 1 heterocycles. The van der Waals surface area contributed by atoms with Crippen molar-refractivity contribution in [1.29, 1.82) is 0 Å². The fourth-order valence-corrected chi connectivity index (χ4v) is 5.07. The molecular formula is C14H26N2O2S3. The Bertz CT molecular complexity index is 500. The quantitative estimate of drug-likeness (QED) is 0.603. The van der Waals surface area contributed by atoms with Crippen molar-refractivity contribution < 1.29 is 8.42 Å². The Morgan fingerprint density at radius 1 is 1.33 bits per heavy atom. The van der Waals surface area contributed by atoms with Gasteiger partial charge in [0.05, 0.1) is 0 Å². The minimum atomic E-state index is -3.37. The molecule has 1 atom stereocenters. The molecule has 4 nitrogen and oxygen atoms in total. The number of rotatable bonds is 11. The highest BCUT2D eigenvalue weighted by molar-refractivity contribution is 7.98. The largest absolute Gasteiger partial charge is 0.316 e. The van der Waals surface area contributed by atoms with Gasteiger partial charge in [0.15, 0.2) is 0 Å². The Morgan fingerprint density at radius 2 is 2.10 bits per heavy atom. The summed E-state index contributed by atoms with van der Waals surface area (Å²) in [5.41, 5.74) is 0. The van der Waals surface area contributed by atoms with Crippen molar-refractivity contribution in [3.8, 4) is 0 Å². The van der Waals surface area contributed by atoms with Gasteiger partial charge in [0, 0.05) is 10.9 Å². The Kier molecular flexibility index (Phi) is 8.89. The molecule has 0 saturated carbocycles. The first-order valence-electron chi connectivity index (χ1n) is 7.30. The van der Waals surface area contributed by atoms with E-state index in [1.54, 1.807) is 17.8 Å². The highest BCUT2D eigenvalue weighted by atomic mass is 32.2. The first-order chi connectivity index (χ1) is 9.99. The average molecular weight is 351 g/mol. The Balaban J connectivity index is 2.53. The SMILES string of the molecule is CCCNCCc1ccc(S(=O)(=O)NC(C)CCSC)s1. The third-order valence-electron chi connectivity index (χ3n) is 2.99. The van der Waals surface area contributed by atoms with E-state index in [-0.39, 0.29) is 6.04 Å². The summed E-state index contributed by atoms with van der Waals surface area (Å²) in [6.07, 6.45) is 4.86. The number of sulfonamides is 1. The topological polar surface area (TPSA) is 58.2 Å². The van der Waals surface area contributed by atoms with E-state index in [2.05, 4.69) is 17.0 Å². The number of hydrogen-bond acceptors (Lipinski definition) is 5. The van der Waals surface area contributed by atoms with E-state index in [9.17, 15) is 8.42 Å². The summed E-state index contributed by atoms with van der Waals surface area (Å²) in [6.45, 7) is 5.94. The number of nitrogens with one attached hydrogen (secondary N) is 2. The van der Waals surface area contributed by atoms with Crippen LogP contribution in [0, 0.1) is 0 Å². The molecule has 1 rings (SSSR count). The second-order valence-electron chi connectivity index (χ2n) is 5.02. The third-order valence-corrected chi connectivity index (χ3v) is 6.86. The van der Waals surface area contributed by atoms with E-state index in [0.717, 1.165) is 43.0 Å². The molecule has 2 N–H and O–H groups in total. The van der Waals surface area contributed by atoms with E-state index in [4.69, 9.17) is 0 Å². The molecule has 122 valence electrons. The summed E-state index contributed by atoms with van der Waals surface area (Å²) < 4.78 is 27.7. The third kappa shape index (κ3) is 7.15. The van der Waals surface area contributed by atoms with E-state index < -0.39 is 10.0 Å². The van der Waals surface area contributed by atoms with Gasteiger partial charge in [-0.1, -0.05) is 6.92 Å². The fourth-order valence-electron chi connectivity index (χ4n) is 1.83. The molecular weight excluding hydrogens is 324 g/mol. The van der Waals surface area contributed by atoms with Gasteiger partial charge < -0.3 is 5.32 Å². The summed E-state index contributed by atoms with van der Waals surface area (Å²) in [7, 11) is -3.37. The van der Waals surface area contributed by atoms with Crippen molar-refractivity contribution in [2.45, 2.75) is 43.4 Å². The van der Waals surface area contributed by atoms with Crippen LogP contribution in [0.2, 0.25) is 0 Å². The molecule has 0 saturated heterocycles. The van der Waals surface area contributed by atoms with Gasteiger partial charge >= 0.3 is 0 Å². The molecule has 0 spiro atoms. The van der Waals surface area contributed by atoms with Crippen LogP contribution in [0.15, 0.2) is 16.3 Å². The molecule has 0 aliphatic carbocycles. The van der Waals surface area contributed by atoms with Crippen molar-refractivity contribution >= 4 is 33.1 Å². The first-order valence-corrected chi connectivity index (χ1v) is 11.0. The number of thioether (sulfide) groups is 1. The summed E-state index contributed by atoms with van der Waals surface area (Å²) in [5.74, 6) is 0.961. The van der Waals surface area contributed by atoms with E-state index in [1.165, 1.54) is 11.3 Å². The van der Waals surface area contributed by atoms with Crippen LogP contribution in [0.5, 0.6) is 0 Å². The van der Waals surface area contributed by atoms with Crippen molar-refractivity contribution in [2.24, 2.45) is 0 Å². The van der Waals surface area contributed by atoms with Crippen LogP contribution in [0.4, 0.5) is 0 Å². The molecule has 1 unspecified atom stereocenters. The standard InChI is InChI=1S/C14H26N2O2S3/c1-4-9-15-10-7-13-5-6-14(20-13)21(17,18)16-12(2)8-11-19-3/h5-6,12,15-16H,4,7-11H2,1-3H3. The maximum Gasteiger partial charge on any atom is 0.250 e. The molecule has 0 aromatic carbocycles. The van der Waals surface area contributed by atoms with Gasteiger partial charge in [-0.2, -0.15) is 11.8 Å². The predicted octanol–water partition coefficient (Wildman–Crippen LogP) is 2.71. The zero-order valence-electron chi connectivity index (χ0n) is 13.0.